The molecule has 0 saturated carbocycles. The Kier molecular flexibility index (Phi) is 5.58. The number of H-pyrrole nitrogens is 1. The molecule has 1 heterocycles. The molecule has 0 aliphatic heterocycles. The van der Waals surface area contributed by atoms with Crippen molar-refractivity contribution in [2.24, 2.45) is 0 Å². The van der Waals surface area contributed by atoms with Gasteiger partial charge in [-0.1, -0.05) is 6.07 Å². The van der Waals surface area contributed by atoms with E-state index in [1.54, 1.807) is 0 Å². The zero-order valence-electron chi connectivity index (χ0n) is 13.2. The lowest BCUT2D eigenvalue weighted by Gasteiger charge is -2.18. The molecule has 0 saturated heterocycles. The summed E-state index contributed by atoms with van der Waals surface area (Å²) >= 11 is 0. The number of rotatable bonds is 7. The Morgan fingerprint density at radius 3 is 2.68 bits per heavy atom. The highest BCUT2D eigenvalue weighted by molar-refractivity contribution is 6.06. The second-order valence-corrected chi connectivity index (χ2v) is 5.17. The Morgan fingerprint density at radius 2 is 1.95 bits per heavy atom. The molecular formula is C17H23N3O2. The van der Waals surface area contributed by atoms with Crippen molar-refractivity contribution in [3.63, 3.8) is 0 Å². The molecule has 0 spiro atoms. The van der Waals surface area contributed by atoms with Gasteiger partial charge in [-0.05, 0) is 38.5 Å². The molecule has 0 fully saturated rings. The average molecular weight is 301 g/mol. The summed E-state index contributed by atoms with van der Waals surface area (Å²) in [5.41, 5.74) is 1.61. The SMILES string of the molecule is CCN(CC)C(=O)CCCNC(=O)c1cccc2[nH]ccc12. The summed E-state index contributed by atoms with van der Waals surface area (Å²) < 4.78 is 0. The second-order valence-electron chi connectivity index (χ2n) is 5.17. The average Bonchev–Trinajstić information content (AvgIpc) is 3.01. The van der Waals surface area contributed by atoms with Gasteiger partial charge in [0.05, 0.1) is 0 Å². The Bertz CT molecular complexity index is 644. The Hall–Kier alpha value is -2.30. The smallest absolute Gasteiger partial charge is 0.251 e. The van der Waals surface area contributed by atoms with E-state index in [4.69, 9.17) is 0 Å². The first kappa shape index (κ1) is 16.1. The van der Waals surface area contributed by atoms with Crippen LogP contribution in [0.1, 0.15) is 37.0 Å². The summed E-state index contributed by atoms with van der Waals surface area (Å²) in [6.07, 6.45) is 2.95. The molecule has 1 aromatic heterocycles. The van der Waals surface area contributed by atoms with Crippen molar-refractivity contribution in [1.29, 1.82) is 0 Å². The van der Waals surface area contributed by atoms with Gasteiger partial charge >= 0.3 is 0 Å². The molecule has 0 radical (unpaired) electrons. The van der Waals surface area contributed by atoms with E-state index in [1.165, 1.54) is 0 Å². The van der Waals surface area contributed by atoms with Crippen molar-refractivity contribution in [3.05, 3.63) is 36.0 Å². The molecule has 0 atom stereocenters. The van der Waals surface area contributed by atoms with Gasteiger partial charge in [-0.15, -0.1) is 0 Å². The third kappa shape index (κ3) is 3.67. The highest BCUT2D eigenvalue weighted by atomic mass is 16.2. The van der Waals surface area contributed by atoms with Crippen LogP contribution in [0.15, 0.2) is 30.5 Å². The van der Waals surface area contributed by atoms with Crippen molar-refractivity contribution >= 4 is 22.7 Å². The lowest BCUT2D eigenvalue weighted by molar-refractivity contribution is -0.130. The van der Waals surface area contributed by atoms with Gasteiger partial charge in [0.25, 0.3) is 5.91 Å². The van der Waals surface area contributed by atoms with E-state index in [0.717, 1.165) is 24.0 Å². The van der Waals surface area contributed by atoms with Crippen molar-refractivity contribution in [2.45, 2.75) is 26.7 Å². The number of fused-ring (bicyclic) bond motifs is 1. The number of nitrogens with one attached hydrogen (secondary N) is 2. The third-order valence-corrected chi connectivity index (χ3v) is 3.81. The number of amides is 2. The molecule has 118 valence electrons. The Balaban J connectivity index is 1.84. The molecule has 0 aliphatic rings. The quantitative estimate of drug-likeness (QED) is 0.772. The van der Waals surface area contributed by atoms with Crippen LogP contribution in [0.2, 0.25) is 0 Å². The van der Waals surface area contributed by atoms with Crippen molar-refractivity contribution in [2.75, 3.05) is 19.6 Å². The third-order valence-electron chi connectivity index (χ3n) is 3.81. The summed E-state index contributed by atoms with van der Waals surface area (Å²) in [7, 11) is 0. The highest BCUT2D eigenvalue weighted by Crippen LogP contribution is 2.17. The molecule has 5 heteroatoms. The minimum Gasteiger partial charge on any atom is -0.361 e. The number of carbonyl (C=O) groups is 2. The van der Waals surface area contributed by atoms with E-state index < -0.39 is 0 Å². The summed E-state index contributed by atoms with van der Waals surface area (Å²) in [6, 6.07) is 7.51. The van der Waals surface area contributed by atoms with Gasteiger partial charge in [-0.3, -0.25) is 9.59 Å². The van der Waals surface area contributed by atoms with Gasteiger partial charge in [0, 0.05) is 48.7 Å². The highest BCUT2D eigenvalue weighted by Gasteiger charge is 2.11. The minimum atomic E-state index is -0.0968. The number of benzene rings is 1. The molecule has 5 nitrogen and oxygen atoms in total. The number of aromatic nitrogens is 1. The van der Waals surface area contributed by atoms with E-state index in [0.29, 0.717) is 24.9 Å². The first-order valence-corrected chi connectivity index (χ1v) is 7.79. The summed E-state index contributed by atoms with van der Waals surface area (Å²) in [5.74, 6) is 0.0486. The zero-order chi connectivity index (χ0) is 15.9. The van der Waals surface area contributed by atoms with Gasteiger partial charge in [0.2, 0.25) is 5.91 Å². The summed E-state index contributed by atoms with van der Waals surface area (Å²) in [4.78, 5) is 29.0. The van der Waals surface area contributed by atoms with Crippen LogP contribution in [0.25, 0.3) is 10.9 Å². The van der Waals surface area contributed by atoms with Crippen LogP contribution >= 0.6 is 0 Å². The molecular weight excluding hydrogens is 278 g/mol. The molecule has 2 aromatic rings. The molecule has 1 aromatic carbocycles. The molecule has 0 unspecified atom stereocenters. The predicted octanol–water partition coefficient (Wildman–Crippen LogP) is 2.55. The maximum Gasteiger partial charge on any atom is 0.251 e. The summed E-state index contributed by atoms with van der Waals surface area (Å²) in [5, 5.41) is 3.80. The zero-order valence-corrected chi connectivity index (χ0v) is 13.2. The largest absolute Gasteiger partial charge is 0.361 e. The lowest BCUT2D eigenvalue weighted by Crippen LogP contribution is -2.31. The van der Waals surface area contributed by atoms with Gasteiger partial charge < -0.3 is 15.2 Å². The lowest BCUT2D eigenvalue weighted by atomic mass is 10.1. The molecule has 2 N–H and O–H groups in total. The number of carbonyl (C=O) groups excluding carboxylic acids is 2. The van der Waals surface area contributed by atoms with Gasteiger partial charge in [0.1, 0.15) is 0 Å². The van der Waals surface area contributed by atoms with Crippen LogP contribution in [-0.4, -0.2) is 41.3 Å². The standard InChI is InChI=1S/C17H23N3O2/c1-3-20(4-2)16(21)9-6-11-19-17(22)14-7-5-8-15-13(14)10-12-18-15/h5,7-8,10,12,18H,3-4,6,9,11H2,1-2H3,(H,19,22). The number of hydrogen-bond donors (Lipinski definition) is 2. The van der Waals surface area contributed by atoms with Gasteiger partial charge in [-0.25, -0.2) is 0 Å². The molecule has 2 rings (SSSR count). The van der Waals surface area contributed by atoms with Crippen LogP contribution in [0.3, 0.4) is 0 Å². The van der Waals surface area contributed by atoms with Crippen LogP contribution in [-0.2, 0) is 4.79 Å². The van der Waals surface area contributed by atoms with E-state index in [2.05, 4.69) is 10.3 Å². The van der Waals surface area contributed by atoms with Crippen LogP contribution in [0.4, 0.5) is 0 Å². The number of aromatic amines is 1. The van der Waals surface area contributed by atoms with Crippen LogP contribution < -0.4 is 5.32 Å². The molecule has 2 amide bonds. The van der Waals surface area contributed by atoms with Crippen molar-refractivity contribution < 1.29 is 9.59 Å². The maximum atomic E-state index is 12.2. The molecule has 0 aliphatic carbocycles. The van der Waals surface area contributed by atoms with E-state index in [9.17, 15) is 9.59 Å². The summed E-state index contributed by atoms with van der Waals surface area (Å²) in [6.45, 7) is 5.92. The van der Waals surface area contributed by atoms with E-state index in [-0.39, 0.29) is 11.8 Å². The Labute approximate surface area is 130 Å². The normalized spacial score (nSPS) is 10.6. The number of hydrogen-bond acceptors (Lipinski definition) is 2. The topological polar surface area (TPSA) is 65.2 Å². The fraction of sp³-hybridized carbons (Fsp3) is 0.412. The van der Waals surface area contributed by atoms with Crippen LogP contribution in [0, 0.1) is 0 Å². The fourth-order valence-corrected chi connectivity index (χ4v) is 2.55. The number of nitrogens with zero attached hydrogens (tertiary/aromatic N) is 1. The van der Waals surface area contributed by atoms with Gasteiger partial charge in [0.15, 0.2) is 0 Å². The minimum absolute atomic E-state index is 0.0968. The van der Waals surface area contributed by atoms with E-state index >= 15 is 0 Å². The van der Waals surface area contributed by atoms with Gasteiger partial charge in [-0.2, -0.15) is 0 Å². The first-order chi connectivity index (χ1) is 10.7. The molecule has 0 bridgehead atoms. The molecule has 22 heavy (non-hydrogen) atoms. The van der Waals surface area contributed by atoms with Crippen molar-refractivity contribution in [3.8, 4) is 0 Å². The van der Waals surface area contributed by atoms with Crippen LogP contribution in [0.5, 0.6) is 0 Å². The Morgan fingerprint density at radius 1 is 1.18 bits per heavy atom. The van der Waals surface area contributed by atoms with E-state index in [1.807, 2.05) is 49.2 Å². The monoisotopic (exact) mass is 301 g/mol. The maximum absolute atomic E-state index is 12.2. The fourth-order valence-electron chi connectivity index (χ4n) is 2.55. The predicted molar refractivity (Wildman–Crippen MR) is 87.8 cm³/mol. The van der Waals surface area contributed by atoms with Crippen molar-refractivity contribution in [1.82, 2.24) is 15.2 Å². The second kappa shape index (κ2) is 7.64. The first-order valence-electron chi connectivity index (χ1n) is 7.79.